The highest BCUT2D eigenvalue weighted by atomic mass is 16.3. The quantitative estimate of drug-likeness (QED) is 0.803. The van der Waals surface area contributed by atoms with Gasteiger partial charge in [-0.2, -0.15) is 0 Å². The van der Waals surface area contributed by atoms with Crippen LogP contribution in [0.3, 0.4) is 0 Å². The number of aryl methyl sites for hydroxylation is 1. The summed E-state index contributed by atoms with van der Waals surface area (Å²) in [6.07, 6.45) is 3.57. The van der Waals surface area contributed by atoms with E-state index in [0.29, 0.717) is 6.54 Å². The van der Waals surface area contributed by atoms with Crippen molar-refractivity contribution in [1.82, 2.24) is 4.90 Å². The zero-order valence-electron chi connectivity index (χ0n) is 10.3. The minimum atomic E-state index is 0.262. The second kappa shape index (κ2) is 5.02. The largest absolute Gasteiger partial charge is 0.464 e. The minimum Gasteiger partial charge on any atom is -0.464 e. The molecule has 0 bridgehead atoms. The zero-order valence-corrected chi connectivity index (χ0v) is 10.3. The normalized spacial score (nSPS) is 18.0. The molecule has 3 heteroatoms. The fourth-order valence-electron chi connectivity index (χ4n) is 2.32. The predicted octanol–water partition coefficient (Wildman–Crippen LogP) is 2.33. The van der Waals surface area contributed by atoms with Gasteiger partial charge in [-0.3, -0.25) is 4.90 Å². The Bertz CT molecular complexity index is 330. The zero-order chi connectivity index (χ0) is 11.5. The van der Waals surface area contributed by atoms with Crippen molar-refractivity contribution in [3.8, 4) is 0 Å². The summed E-state index contributed by atoms with van der Waals surface area (Å²) in [4.78, 5) is 2.47. The number of rotatable bonds is 6. The Morgan fingerprint density at radius 3 is 2.62 bits per heavy atom. The van der Waals surface area contributed by atoms with E-state index in [1.54, 1.807) is 0 Å². The van der Waals surface area contributed by atoms with Gasteiger partial charge in [0.15, 0.2) is 0 Å². The molecule has 1 aliphatic rings. The van der Waals surface area contributed by atoms with Gasteiger partial charge in [0.25, 0.3) is 0 Å². The molecule has 0 aromatic carbocycles. The molecule has 1 heterocycles. The third kappa shape index (κ3) is 2.30. The molecule has 2 rings (SSSR count). The number of likely N-dealkylation sites (N-methyl/N-ethyl adjacent to an activating group) is 1. The number of nitrogens with zero attached hydrogens (tertiary/aromatic N) is 1. The third-order valence-corrected chi connectivity index (χ3v) is 3.36. The minimum absolute atomic E-state index is 0.262. The Balaban J connectivity index is 2.13. The first-order chi connectivity index (χ1) is 7.80. The Kier molecular flexibility index (Phi) is 3.66. The van der Waals surface area contributed by atoms with Crippen LogP contribution < -0.4 is 5.73 Å². The van der Waals surface area contributed by atoms with Crippen molar-refractivity contribution in [3.63, 3.8) is 0 Å². The highest BCUT2D eigenvalue weighted by Crippen LogP contribution is 2.34. The summed E-state index contributed by atoms with van der Waals surface area (Å²) in [6.45, 7) is 6.00. The van der Waals surface area contributed by atoms with Crippen molar-refractivity contribution < 1.29 is 4.42 Å². The van der Waals surface area contributed by atoms with E-state index in [1.807, 2.05) is 0 Å². The molecule has 2 N–H and O–H groups in total. The molecule has 16 heavy (non-hydrogen) atoms. The summed E-state index contributed by atoms with van der Waals surface area (Å²) in [5.74, 6) is 2.09. The summed E-state index contributed by atoms with van der Waals surface area (Å²) >= 11 is 0. The molecule has 0 amide bonds. The van der Waals surface area contributed by atoms with Crippen molar-refractivity contribution in [2.24, 2.45) is 5.73 Å². The average molecular weight is 222 g/mol. The summed E-state index contributed by atoms with van der Waals surface area (Å²) in [6, 6.07) is 5.15. The second-order valence-corrected chi connectivity index (χ2v) is 4.47. The van der Waals surface area contributed by atoms with Gasteiger partial charge in [-0.1, -0.05) is 13.8 Å². The van der Waals surface area contributed by atoms with Crippen molar-refractivity contribution in [2.75, 3.05) is 13.1 Å². The van der Waals surface area contributed by atoms with Crippen LogP contribution in [0.5, 0.6) is 0 Å². The SMILES string of the molecule is CCc1ccc(C(CN)N(CC)C2CC2)o1. The molecule has 1 fully saturated rings. The first-order valence-electron chi connectivity index (χ1n) is 6.34. The van der Waals surface area contributed by atoms with E-state index < -0.39 is 0 Å². The molecule has 3 nitrogen and oxygen atoms in total. The van der Waals surface area contributed by atoms with Gasteiger partial charge >= 0.3 is 0 Å². The lowest BCUT2D eigenvalue weighted by Crippen LogP contribution is -2.35. The maximum absolute atomic E-state index is 5.90. The molecule has 1 atom stereocenters. The van der Waals surface area contributed by atoms with Crippen LogP contribution in [0.1, 0.15) is 44.3 Å². The van der Waals surface area contributed by atoms with Crippen LogP contribution in [-0.4, -0.2) is 24.0 Å². The highest BCUT2D eigenvalue weighted by molar-refractivity contribution is 5.12. The molecule has 1 aliphatic carbocycles. The maximum atomic E-state index is 5.90. The Labute approximate surface area is 97.6 Å². The van der Waals surface area contributed by atoms with E-state index >= 15 is 0 Å². The summed E-state index contributed by atoms with van der Waals surface area (Å²) in [7, 11) is 0. The molecule has 0 spiro atoms. The summed E-state index contributed by atoms with van der Waals surface area (Å²) in [5, 5.41) is 0. The van der Waals surface area contributed by atoms with Gasteiger partial charge in [0.05, 0.1) is 6.04 Å². The van der Waals surface area contributed by atoms with Crippen LogP contribution in [0.2, 0.25) is 0 Å². The lowest BCUT2D eigenvalue weighted by atomic mass is 10.2. The van der Waals surface area contributed by atoms with E-state index in [9.17, 15) is 0 Å². The third-order valence-electron chi connectivity index (χ3n) is 3.36. The second-order valence-electron chi connectivity index (χ2n) is 4.47. The lowest BCUT2D eigenvalue weighted by Gasteiger charge is -2.28. The van der Waals surface area contributed by atoms with Crippen molar-refractivity contribution >= 4 is 0 Å². The van der Waals surface area contributed by atoms with Gasteiger partial charge in [0, 0.05) is 19.0 Å². The molecule has 1 unspecified atom stereocenters. The van der Waals surface area contributed by atoms with Gasteiger partial charge in [-0.15, -0.1) is 0 Å². The van der Waals surface area contributed by atoms with Crippen LogP contribution in [-0.2, 0) is 6.42 Å². The maximum Gasteiger partial charge on any atom is 0.122 e. The fourth-order valence-corrected chi connectivity index (χ4v) is 2.32. The molecular weight excluding hydrogens is 200 g/mol. The first-order valence-corrected chi connectivity index (χ1v) is 6.34. The molecule has 1 saturated carbocycles. The monoisotopic (exact) mass is 222 g/mol. The lowest BCUT2D eigenvalue weighted by molar-refractivity contribution is 0.177. The standard InChI is InChI=1S/C13H22N2O/c1-3-11-7-8-13(16-11)12(9-14)15(4-2)10-5-6-10/h7-8,10,12H,3-6,9,14H2,1-2H3. The Hall–Kier alpha value is -0.800. The van der Waals surface area contributed by atoms with E-state index in [4.69, 9.17) is 10.2 Å². The van der Waals surface area contributed by atoms with Crippen LogP contribution in [0.15, 0.2) is 16.5 Å². The van der Waals surface area contributed by atoms with Gasteiger partial charge in [-0.05, 0) is 31.5 Å². The molecule has 0 saturated heterocycles. The van der Waals surface area contributed by atoms with Gasteiger partial charge in [-0.25, -0.2) is 0 Å². The van der Waals surface area contributed by atoms with Gasteiger partial charge < -0.3 is 10.2 Å². The smallest absolute Gasteiger partial charge is 0.122 e. The molecule has 0 radical (unpaired) electrons. The number of furan rings is 1. The van der Waals surface area contributed by atoms with E-state index in [-0.39, 0.29) is 6.04 Å². The van der Waals surface area contributed by atoms with Gasteiger partial charge in [0.2, 0.25) is 0 Å². The Morgan fingerprint density at radius 1 is 1.44 bits per heavy atom. The molecule has 1 aromatic rings. The number of hydrogen-bond acceptors (Lipinski definition) is 3. The number of hydrogen-bond donors (Lipinski definition) is 1. The molecular formula is C13H22N2O. The van der Waals surface area contributed by atoms with Crippen LogP contribution >= 0.6 is 0 Å². The van der Waals surface area contributed by atoms with Crippen molar-refractivity contribution in [3.05, 3.63) is 23.7 Å². The summed E-state index contributed by atoms with van der Waals surface area (Å²) < 4.78 is 5.82. The molecule has 90 valence electrons. The van der Waals surface area contributed by atoms with Crippen molar-refractivity contribution in [2.45, 2.75) is 45.2 Å². The first kappa shape index (κ1) is 11.7. The summed E-state index contributed by atoms with van der Waals surface area (Å²) in [5.41, 5.74) is 5.90. The average Bonchev–Trinajstić information content (AvgIpc) is 3.03. The van der Waals surface area contributed by atoms with E-state index in [0.717, 1.165) is 30.5 Å². The molecule has 0 aliphatic heterocycles. The predicted molar refractivity (Wildman–Crippen MR) is 65.3 cm³/mol. The van der Waals surface area contributed by atoms with Crippen LogP contribution in [0, 0.1) is 0 Å². The fraction of sp³-hybridized carbons (Fsp3) is 0.692. The Morgan fingerprint density at radius 2 is 2.19 bits per heavy atom. The number of nitrogens with two attached hydrogens (primary N) is 1. The molecule has 1 aromatic heterocycles. The van der Waals surface area contributed by atoms with E-state index in [1.165, 1.54) is 12.8 Å². The van der Waals surface area contributed by atoms with Crippen molar-refractivity contribution in [1.29, 1.82) is 0 Å². The highest BCUT2D eigenvalue weighted by Gasteiger charge is 2.34. The van der Waals surface area contributed by atoms with E-state index in [2.05, 4.69) is 30.9 Å². The van der Waals surface area contributed by atoms with Crippen LogP contribution in [0.4, 0.5) is 0 Å². The topological polar surface area (TPSA) is 42.4 Å². The van der Waals surface area contributed by atoms with Crippen LogP contribution in [0.25, 0.3) is 0 Å². The van der Waals surface area contributed by atoms with Gasteiger partial charge in [0.1, 0.15) is 11.5 Å².